The number of sulfonamides is 1. The van der Waals surface area contributed by atoms with Crippen LogP contribution in [0.1, 0.15) is 5.76 Å². The Morgan fingerprint density at radius 2 is 2.10 bits per heavy atom. The lowest BCUT2D eigenvalue weighted by atomic mass is 10.4. The van der Waals surface area contributed by atoms with Gasteiger partial charge >= 0.3 is 0 Å². The van der Waals surface area contributed by atoms with Crippen molar-refractivity contribution in [3.05, 3.63) is 17.9 Å². The highest BCUT2D eigenvalue weighted by molar-refractivity contribution is 7.89. The average Bonchev–Trinajstić information content (AvgIpc) is 2.86. The van der Waals surface area contributed by atoms with Gasteiger partial charge in [-0.3, -0.25) is 0 Å². The highest BCUT2D eigenvalue weighted by atomic mass is 32.2. The van der Waals surface area contributed by atoms with E-state index in [1.807, 2.05) is 11.9 Å². The number of likely N-dealkylation sites (N-methyl/N-ethyl adjacent to an activating group) is 1. The van der Waals surface area contributed by atoms with Crippen LogP contribution in [0.2, 0.25) is 0 Å². The highest BCUT2D eigenvalue weighted by Crippen LogP contribution is 2.13. The van der Waals surface area contributed by atoms with Crippen LogP contribution in [0.15, 0.2) is 21.6 Å². The largest absolute Gasteiger partial charge is 0.447 e. The number of hydrogen-bond acceptors (Lipinski definition) is 6. The fourth-order valence-electron chi connectivity index (χ4n) is 1.57. The van der Waals surface area contributed by atoms with Gasteiger partial charge in [0.2, 0.25) is 5.09 Å². The maximum absolute atomic E-state index is 12.0. The first-order chi connectivity index (χ1) is 9.49. The van der Waals surface area contributed by atoms with Gasteiger partial charge in [0.1, 0.15) is 5.76 Å². The third-order valence-corrected chi connectivity index (χ3v) is 4.05. The van der Waals surface area contributed by atoms with Crippen LogP contribution in [0.25, 0.3) is 0 Å². The zero-order valence-electron chi connectivity index (χ0n) is 12.2. The number of furan rings is 1. The molecule has 0 radical (unpaired) electrons. The van der Waals surface area contributed by atoms with Crippen LogP contribution in [0.5, 0.6) is 0 Å². The van der Waals surface area contributed by atoms with Gasteiger partial charge in [0.05, 0.1) is 13.2 Å². The summed E-state index contributed by atoms with van der Waals surface area (Å²) >= 11 is 0. The Kier molecular flexibility index (Phi) is 7.17. The van der Waals surface area contributed by atoms with E-state index in [1.54, 1.807) is 20.2 Å². The van der Waals surface area contributed by atoms with E-state index in [2.05, 4.69) is 10.0 Å². The lowest BCUT2D eigenvalue weighted by Gasteiger charge is -2.15. The molecule has 1 aromatic heterocycles. The van der Waals surface area contributed by atoms with Crippen molar-refractivity contribution in [1.29, 1.82) is 0 Å². The highest BCUT2D eigenvalue weighted by Gasteiger charge is 2.18. The molecule has 1 heterocycles. The first-order valence-corrected chi connectivity index (χ1v) is 7.88. The van der Waals surface area contributed by atoms with Crippen LogP contribution in [0, 0.1) is 0 Å². The molecule has 0 aliphatic carbocycles. The van der Waals surface area contributed by atoms with Crippen molar-refractivity contribution in [2.45, 2.75) is 11.6 Å². The van der Waals surface area contributed by atoms with Crippen molar-refractivity contribution in [3.63, 3.8) is 0 Å². The molecule has 20 heavy (non-hydrogen) atoms. The fraction of sp³-hybridized carbons (Fsp3) is 0.667. The van der Waals surface area contributed by atoms with E-state index < -0.39 is 10.0 Å². The van der Waals surface area contributed by atoms with Crippen molar-refractivity contribution < 1.29 is 17.6 Å². The summed E-state index contributed by atoms with van der Waals surface area (Å²) in [6, 6.07) is 3.11. The number of methoxy groups -OCH3 is 1. The van der Waals surface area contributed by atoms with Gasteiger partial charge in [-0.05, 0) is 26.2 Å². The quantitative estimate of drug-likeness (QED) is 0.626. The molecule has 0 atom stereocenters. The minimum absolute atomic E-state index is 0.0534. The Morgan fingerprint density at radius 3 is 2.75 bits per heavy atom. The zero-order chi connectivity index (χ0) is 15.0. The van der Waals surface area contributed by atoms with Crippen molar-refractivity contribution in [2.24, 2.45) is 0 Å². The van der Waals surface area contributed by atoms with E-state index in [9.17, 15) is 8.42 Å². The van der Waals surface area contributed by atoms with Gasteiger partial charge in [0.25, 0.3) is 10.0 Å². The molecule has 0 fully saturated rings. The standard InChI is InChI=1S/C12H23N3O4S/c1-13-10-11-4-5-12(19-11)20(16,17)14-6-7-15(2)8-9-18-3/h4-5,13-14H,6-10H2,1-3H3. The van der Waals surface area contributed by atoms with Crippen LogP contribution in [-0.2, 0) is 21.3 Å². The monoisotopic (exact) mass is 305 g/mol. The second kappa shape index (κ2) is 8.38. The van der Waals surface area contributed by atoms with Gasteiger partial charge < -0.3 is 19.4 Å². The molecular weight excluding hydrogens is 282 g/mol. The molecule has 0 amide bonds. The Hall–Kier alpha value is -0.930. The lowest BCUT2D eigenvalue weighted by molar-refractivity contribution is 0.162. The number of nitrogens with zero attached hydrogens (tertiary/aromatic N) is 1. The van der Waals surface area contributed by atoms with Gasteiger partial charge in [-0.1, -0.05) is 0 Å². The molecule has 1 aromatic rings. The van der Waals surface area contributed by atoms with Crippen LogP contribution in [-0.4, -0.2) is 60.8 Å². The average molecular weight is 305 g/mol. The molecule has 0 aliphatic rings. The van der Waals surface area contributed by atoms with Crippen molar-refractivity contribution in [3.8, 4) is 0 Å². The van der Waals surface area contributed by atoms with Crippen LogP contribution < -0.4 is 10.0 Å². The van der Waals surface area contributed by atoms with Crippen LogP contribution >= 0.6 is 0 Å². The predicted octanol–water partition coefficient (Wildman–Crippen LogP) is -0.144. The van der Waals surface area contributed by atoms with Gasteiger partial charge in [-0.2, -0.15) is 0 Å². The summed E-state index contributed by atoms with van der Waals surface area (Å²) in [5, 5.41) is 2.85. The Balaban J connectivity index is 2.44. The molecule has 0 aromatic carbocycles. The summed E-state index contributed by atoms with van der Waals surface area (Å²) in [5.41, 5.74) is 0. The molecule has 0 aliphatic heterocycles. The molecule has 116 valence electrons. The van der Waals surface area contributed by atoms with E-state index >= 15 is 0 Å². The van der Waals surface area contributed by atoms with Gasteiger partial charge in [0, 0.05) is 26.7 Å². The molecule has 0 spiro atoms. The first-order valence-electron chi connectivity index (χ1n) is 6.40. The molecule has 7 nitrogen and oxygen atoms in total. The number of ether oxygens (including phenoxy) is 1. The van der Waals surface area contributed by atoms with Crippen LogP contribution in [0.4, 0.5) is 0 Å². The Bertz CT molecular complexity index is 487. The lowest BCUT2D eigenvalue weighted by Crippen LogP contribution is -2.34. The van der Waals surface area contributed by atoms with Crippen LogP contribution in [0.3, 0.4) is 0 Å². The summed E-state index contributed by atoms with van der Waals surface area (Å²) in [4.78, 5) is 1.99. The maximum atomic E-state index is 12.0. The summed E-state index contributed by atoms with van der Waals surface area (Å²) in [6.07, 6.45) is 0. The number of hydrogen-bond donors (Lipinski definition) is 2. The van der Waals surface area contributed by atoms with Crippen molar-refractivity contribution in [2.75, 3.05) is 47.4 Å². The summed E-state index contributed by atoms with van der Waals surface area (Å²) in [6.45, 7) is 2.80. The molecular formula is C12H23N3O4S. The third kappa shape index (κ3) is 5.59. The molecule has 8 heteroatoms. The normalized spacial score (nSPS) is 12.2. The van der Waals surface area contributed by atoms with E-state index in [0.29, 0.717) is 32.0 Å². The molecule has 0 saturated heterocycles. The van der Waals surface area contributed by atoms with E-state index in [-0.39, 0.29) is 5.09 Å². The molecule has 1 rings (SSSR count). The Labute approximate surface area is 120 Å². The smallest absolute Gasteiger partial charge is 0.274 e. The zero-order valence-corrected chi connectivity index (χ0v) is 13.0. The summed E-state index contributed by atoms with van der Waals surface area (Å²) in [5.74, 6) is 0.588. The summed E-state index contributed by atoms with van der Waals surface area (Å²) < 4.78 is 36.7. The van der Waals surface area contributed by atoms with Gasteiger partial charge in [-0.15, -0.1) is 0 Å². The second-order valence-corrected chi connectivity index (χ2v) is 6.14. The predicted molar refractivity (Wildman–Crippen MR) is 76.0 cm³/mol. The van der Waals surface area contributed by atoms with Crippen molar-refractivity contribution in [1.82, 2.24) is 14.9 Å². The summed E-state index contributed by atoms with van der Waals surface area (Å²) in [7, 11) is 1.74. The first kappa shape index (κ1) is 17.1. The van der Waals surface area contributed by atoms with E-state index in [0.717, 1.165) is 6.54 Å². The maximum Gasteiger partial charge on any atom is 0.274 e. The minimum Gasteiger partial charge on any atom is -0.447 e. The van der Waals surface area contributed by atoms with E-state index in [4.69, 9.17) is 9.15 Å². The SMILES string of the molecule is CNCc1ccc(S(=O)(=O)NCCN(C)CCOC)o1. The molecule has 0 saturated carbocycles. The third-order valence-electron chi connectivity index (χ3n) is 2.72. The Morgan fingerprint density at radius 1 is 1.35 bits per heavy atom. The topological polar surface area (TPSA) is 83.8 Å². The fourth-order valence-corrected chi connectivity index (χ4v) is 2.54. The molecule has 2 N–H and O–H groups in total. The minimum atomic E-state index is -3.58. The van der Waals surface area contributed by atoms with Crippen molar-refractivity contribution >= 4 is 10.0 Å². The molecule has 0 bridgehead atoms. The second-order valence-electron chi connectivity index (χ2n) is 4.44. The molecule has 0 unspecified atom stereocenters. The number of rotatable bonds is 10. The van der Waals surface area contributed by atoms with Gasteiger partial charge in [-0.25, -0.2) is 13.1 Å². The number of nitrogens with one attached hydrogen (secondary N) is 2. The van der Waals surface area contributed by atoms with Gasteiger partial charge in [0.15, 0.2) is 0 Å². The van der Waals surface area contributed by atoms with E-state index in [1.165, 1.54) is 6.07 Å².